The molecule has 6 heteroatoms. The minimum atomic E-state index is -0.190. The second-order valence-corrected chi connectivity index (χ2v) is 7.45. The summed E-state index contributed by atoms with van der Waals surface area (Å²) in [5.74, 6) is 0.356. The Balaban J connectivity index is 1.50. The fourth-order valence-electron chi connectivity index (χ4n) is 3.55. The van der Waals surface area contributed by atoms with Crippen molar-refractivity contribution in [3.05, 3.63) is 63.0 Å². The van der Waals surface area contributed by atoms with Gasteiger partial charge in [0.05, 0.1) is 10.7 Å². The van der Waals surface area contributed by atoms with E-state index in [1.54, 1.807) is 0 Å². The van der Waals surface area contributed by atoms with Gasteiger partial charge in [-0.2, -0.15) is 0 Å². The molecule has 26 heavy (non-hydrogen) atoms. The van der Waals surface area contributed by atoms with Crippen LogP contribution in [-0.2, 0) is 0 Å². The molecule has 2 heterocycles. The molecule has 0 unspecified atom stereocenters. The van der Waals surface area contributed by atoms with Crippen molar-refractivity contribution in [2.24, 2.45) is 0 Å². The molecule has 2 fully saturated rings. The van der Waals surface area contributed by atoms with Crippen LogP contribution in [0.2, 0.25) is 5.02 Å². The molecule has 1 aliphatic heterocycles. The maximum absolute atomic E-state index is 12.9. The number of carbonyl (C=O) groups excluding carboxylic acids is 1. The van der Waals surface area contributed by atoms with E-state index in [4.69, 9.17) is 11.6 Å². The zero-order chi connectivity index (χ0) is 18.1. The number of nitrogens with zero attached hydrogens (tertiary/aromatic N) is 2. The first-order chi connectivity index (χ1) is 12.6. The van der Waals surface area contributed by atoms with E-state index in [9.17, 15) is 9.59 Å². The molecule has 1 saturated carbocycles. The third kappa shape index (κ3) is 3.63. The van der Waals surface area contributed by atoms with Crippen LogP contribution < -0.4 is 10.5 Å². The number of pyridine rings is 1. The molecule has 2 aromatic rings. The number of amides is 1. The first-order valence-corrected chi connectivity index (χ1v) is 9.52. The summed E-state index contributed by atoms with van der Waals surface area (Å²) in [6.45, 7) is 2.89. The zero-order valence-corrected chi connectivity index (χ0v) is 15.3. The quantitative estimate of drug-likeness (QED) is 0.901. The van der Waals surface area contributed by atoms with Gasteiger partial charge in [0.25, 0.3) is 5.91 Å². The van der Waals surface area contributed by atoms with E-state index < -0.39 is 0 Å². The molecule has 1 amide bonds. The molecule has 5 nitrogen and oxygen atoms in total. The summed E-state index contributed by atoms with van der Waals surface area (Å²) in [4.78, 5) is 31.8. The predicted molar refractivity (Wildman–Crippen MR) is 103 cm³/mol. The van der Waals surface area contributed by atoms with Crippen molar-refractivity contribution in [3.63, 3.8) is 0 Å². The van der Waals surface area contributed by atoms with Gasteiger partial charge in [-0.05, 0) is 43.4 Å². The van der Waals surface area contributed by atoms with E-state index in [0.29, 0.717) is 24.6 Å². The Labute approximate surface area is 157 Å². The molecule has 0 bridgehead atoms. The molecule has 136 valence electrons. The number of hydrogen-bond acceptors (Lipinski definition) is 3. The molecule has 1 N–H and O–H groups in total. The number of anilines is 1. The van der Waals surface area contributed by atoms with E-state index in [-0.39, 0.29) is 11.5 Å². The maximum atomic E-state index is 12.9. The van der Waals surface area contributed by atoms with Gasteiger partial charge in [-0.1, -0.05) is 23.7 Å². The minimum Gasteiger partial charge on any atom is -0.368 e. The number of aromatic amines is 1. The summed E-state index contributed by atoms with van der Waals surface area (Å²) < 4.78 is 0. The Morgan fingerprint density at radius 2 is 1.88 bits per heavy atom. The van der Waals surface area contributed by atoms with Gasteiger partial charge < -0.3 is 14.8 Å². The number of nitrogens with one attached hydrogen (secondary N) is 1. The highest BCUT2D eigenvalue weighted by Crippen LogP contribution is 2.38. The second kappa shape index (κ2) is 7.16. The van der Waals surface area contributed by atoms with Crippen molar-refractivity contribution < 1.29 is 4.79 Å². The zero-order valence-electron chi connectivity index (χ0n) is 14.6. The first kappa shape index (κ1) is 17.2. The van der Waals surface area contributed by atoms with Crippen molar-refractivity contribution in [3.8, 4) is 0 Å². The van der Waals surface area contributed by atoms with Crippen LogP contribution in [0.1, 0.15) is 41.2 Å². The molecule has 1 aromatic heterocycles. The summed E-state index contributed by atoms with van der Waals surface area (Å²) in [6.07, 6.45) is 3.05. The number of rotatable bonds is 3. The topological polar surface area (TPSA) is 56.4 Å². The molecular formula is C20H22ClN3O2. The highest BCUT2D eigenvalue weighted by atomic mass is 35.5. The maximum Gasteiger partial charge on any atom is 0.254 e. The summed E-state index contributed by atoms with van der Waals surface area (Å²) >= 11 is 6.32. The molecule has 1 aromatic carbocycles. The van der Waals surface area contributed by atoms with E-state index in [1.165, 1.54) is 6.07 Å². The van der Waals surface area contributed by atoms with Gasteiger partial charge in [0, 0.05) is 43.5 Å². The third-order valence-electron chi connectivity index (χ3n) is 5.11. The lowest BCUT2D eigenvalue weighted by molar-refractivity contribution is 0.0766. The number of carbonyl (C=O) groups is 1. The Morgan fingerprint density at radius 3 is 2.65 bits per heavy atom. The summed E-state index contributed by atoms with van der Waals surface area (Å²) in [7, 11) is 0. The smallest absolute Gasteiger partial charge is 0.254 e. The molecule has 1 aliphatic carbocycles. The number of H-pyrrole nitrogens is 1. The van der Waals surface area contributed by atoms with E-state index >= 15 is 0 Å². The van der Waals surface area contributed by atoms with Gasteiger partial charge in [-0.15, -0.1) is 0 Å². The van der Waals surface area contributed by atoms with Gasteiger partial charge in [0.1, 0.15) is 0 Å². The lowest BCUT2D eigenvalue weighted by Crippen LogP contribution is -2.35. The average Bonchev–Trinajstić information content (AvgIpc) is 3.48. The first-order valence-electron chi connectivity index (χ1n) is 9.15. The van der Waals surface area contributed by atoms with E-state index in [0.717, 1.165) is 48.8 Å². The van der Waals surface area contributed by atoms with E-state index in [1.807, 2.05) is 35.2 Å². The van der Waals surface area contributed by atoms with Crippen LogP contribution in [-0.4, -0.2) is 42.0 Å². The highest BCUT2D eigenvalue weighted by molar-refractivity contribution is 6.33. The van der Waals surface area contributed by atoms with Gasteiger partial charge in [-0.3, -0.25) is 9.59 Å². The molecule has 2 aliphatic rings. The number of hydrogen-bond donors (Lipinski definition) is 1. The van der Waals surface area contributed by atoms with Crippen molar-refractivity contribution in [1.82, 2.24) is 9.88 Å². The lowest BCUT2D eigenvalue weighted by Gasteiger charge is -2.24. The Bertz CT molecular complexity index is 875. The van der Waals surface area contributed by atoms with Crippen LogP contribution >= 0.6 is 11.6 Å². The highest BCUT2D eigenvalue weighted by Gasteiger charge is 2.27. The van der Waals surface area contributed by atoms with Crippen molar-refractivity contribution in [1.29, 1.82) is 0 Å². The molecule has 0 atom stereocenters. The van der Waals surface area contributed by atoms with Gasteiger partial charge >= 0.3 is 0 Å². The van der Waals surface area contributed by atoms with Crippen LogP contribution in [0.25, 0.3) is 0 Å². The lowest BCUT2D eigenvalue weighted by atomic mass is 10.1. The Hall–Kier alpha value is -2.27. The number of para-hydroxylation sites is 1. The normalized spacial score (nSPS) is 17.9. The fourth-order valence-corrected chi connectivity index (χ4v) is 3.81. The predicted octanol–water partition coefficient (Wildman–Crippen LogP) is 3.26. The van der Waals surface area contributed by atoms with Crippen LogP contribution in [0.4, 0.5) is 5.69 Å². The summed E-state index contributed by atoms with van der Waals surface area (Å²) in [5.41, 5.74) is 2.22. The molecule has 1 saturated heterocycles. The Morgan fingerprint density at radius 1 is 1.08 bits per heavy atom. The van der Waals surface area contributed by atoms with Crippen molar-refractivity contribution >= 4 is 23.2 Å². The summed E-state index contributed by atoms with van der Waals surface area (Å²) in [5, 5.41) is 0.732. The van der Waals surface area contributed by atoms with Crippen LogP contribution in [0, 0.1) is 0 Å². The largest absolute Gasteiger partial charge is 0.368 e. The van der Waals surface area contributed by atoms with Crippen LogP contribution in [0.5, 0.6) is 0 Å². The van der Waals surface area contributed by atoms with Crippen LogP contribution in [0.15, 0.2) is 41.2 Å². The number of halogens is 1. The standard InChI is InChI=1S/C20H22ClN3O2/c21-16-4-1-2-5-18(16)23-8-3-9-24(11-10-23)20(26)15-12-17(14-6-7-14)22-19(25)13-15/h1-2,4-5,12-14H,3,6-11H2,(H,22,25). The summed E-state index contributed by atoms with van der Waals surface area (Å²) in [6, 6.07) is 11.1. The molecule has 0 radical (unpaired) electrons. The molecular weight excluding hydrogens is 350 g/mol. The Kier molecular flexibility index (Phi) is 4.72. The number of aromatic nitrogens is 1. The van der Waals surface area contributed by atoms with Crippen molar-refractivity contribution in [2.75, 3.05) is 31.1 Å². The van der Waals surface area contributed by atoms with Gasteiger partial charge in [-0.25, -0.2) is 0 Å². The second-order valence-electron chi connectivity index (χ2n) is 7.05. The van der Waals surface area contributed by atoms with Crippen LogP contribution in [0.3, 0.4) is 0 Å². The monoisotopic (exact) mass is 371 g/mol. The van der Waals surface area contributed by atoms with E-state index in [2.05, 4.69) is 9.88 Å². The van der Waals surface area contributed by atoms with Crippen molar-refractivity contribution in [2.45, 2.75) is 25.2 Å². The fraction of sp³-hybridized carbons (Fsp3) is 0.400. The molecule has 0 spiro atoms. The van der Waals surface area contributed by atoms with Gasteiger partial charge in [0.2, 0.25) is 5.56 Å². The average molecular weight is 372 g/mol. The number of benzene rings is 1. The third-order valence-corrected chi connectivity index (χ3v) is 5.43. The SMILES string of the molecule is O=C(c1cc(C2CC2)[nH]c(=O)c1)N1CCCN(c2ccccc2Cl)CC1. The molecule has 4 rings (SSSR count). The van der Waals surface area contributed by atoms with Gasteiger partial charge in [0.15, 0.2) is 0 Å². The minimum absolute atomic E-state index is 0.0565.